The minimum Gasteiger partial charge on any atom is -0.379 e. The van der Waals surface area contributed by atoms with Crippen LogP contribution in [-0.4, -0.2) is 44.8 Å². The van der Waals surface area contributed by atoms with E-state index in [1.54, 1.807) is 26.4 Å². The normalized spacial score (nSPS) is 22.2. The van der Waals surface area contributed by atoms with Crippen molar-refractivity contribution < 1.29 is 14.3 Å². The molecule has 9 heteroatoms. The van der Waals surface area contributed by atoms with E-state index in [0.717, 1.165) is 23.7 Å². The van der Waals surface area contributed by atoms with Gasteiger partial charge in [0.2, 0.25) is 5.91 Å². The van der Waals surface area contributed by atoms with E-state index < -0.39 is 0 Å². The van der Waals surface area contributed by atoms with E-state index in [-0.39, 0.29) is 29.9 Å². The first-order valence-electron chi connectivity index (χ1n) is 8.88. The molecule has 27 heavy (non-hydrogen) atoms. The molecule has 0 saturated heterocycles. The molecule has 0 aromatic carbocycles. The fraction of sp³-hybridized carbons (Fsp3) is 0.500. The fourth-order valence-electron chi connectivity index (χ4n) is 3.33. The Morgan fingerprint density at radius 1 is 1.33 bits per heavy atom. The van der Waals surface area contributed by atoms with Crippen molar-refractivity contribution in [2.75, 3.05) is 7.11 Å². The number of carbonyl (C=O) groups excluding carboxylic acids is 2. The number of ether oxygens (including phenoxy) is 1. The van der Waals surface area contributed by atoms with Gasteiger partial charge in [0.25, 0.3) is 5.91 Å². The number of pyridine rings is 1. The quantitative estimate of drug-likeness (QED) is 0.775. The van der Waals surface area contributed by atoms with Gasteiger partial charge in [-0.3, -0.25) is 14.6 Å². The first-order chi connectivity index (χ1) is 13.1. The molecule has 1 aliphatic carbocycles. The third kappa shape index (κ3) is 4.86. The van der Waals surface area contributed by atoms with Gasteiger partial charge in [0.1, 0.15) is 0 Å². The molecule has 1 saturated carbocycles. The van der Waals surface area contributed by atoms with Crippen LogP contribution in [0.25, 0.3) is 0 Å². The van der Waals surface area contributed by atoms with Crippen LogP contribution in [0.2, 0.25) is 0 Å². The Labute approximate surface area is 162 Å². The molecule has 2 aromatic heterocycles. The van der Waals surface area contributed by atoms with Crippen LogP contribution in [0.5, 0.6) is 0 Å². The number of rotatable bonds is 6. The Morgan fingerprint density at radius 2 is 2.19 bits per heavy atom. The summed E-state index contributed by atoms with van der Waals surface area (Å²) in [6, 6.07) is 3.51. The Morgan fingerprint density at radius 3 is 2.85 bits per heavy atom. The first-order valence-corrected chi connectivity index (χ1v) is 9.61. The highest BCUT2D eigenvalue weighted by atomic mass is 32.1. The number of nitrogens with zero attached hydrogens (tertiary/aromatic N) is 3. The standard InChI is InChI=1S/C18H23N5O3S/c1-11-16(23-27-22-11)18(25)21-14-8-13(5-6-15(14)26-2)17(24)20-10-12-4-3-7-19-9-12/h3-4,7,9,13-15H,5-6,8,10H2,1-2H3,(H,20,24)(H,21,25)/t13-,14+,15+/m0/s1. The summed E-state index contributed by atoms with van der Waals surface area (Å²) in [5, 5.41) is 5.93. The molecule has 3 rings (SSSR count). The Balaban J connectivity index is 1.59. The predicted molar refractivity (Wildman–Crippen MR) is 100 cm³/mol. The second-order valence-corrected chi connectivity index (χ2v) is 7.17. The van der Waals surface area contributed by atoms with Crippen LogP contribution in [0.1, 0.15) is 41.0 Å². The van der Waals surface area contributed by atoms with Gasteiger partial charge in [0, 0.05) is 32.0 Å². The van der Waals surface area contributed by atoms with E-state index in [1.807, 2.05) is 12.1 Å². The van der Waals surface area contributed by atoms with Gasteiger partial charge in [-0.05, 0) is 37.8 Å². The summed E-state index contributed by atoms with van der Waals surface area (Å²) in [5.74, 6) is -0.461. The van der Waals surface area contributed by atoms with Crippen molar-refractivity contribution >= 4 is 23.5 Å². The van der Waals surface area contributed by atoms with Crippen LogP contribution in [-0.2, 0) is 16.1 Å². The molecule has 0 spiro atoms. The maximum Gasteiger partial charge on any atom is 0.273 e. The molecule has 2 N–H and O–H groups in total. The predicted octanol–water partition coefficient (Wildman–Crippen LogP) is 1.47. The molecule has 144 valence electrons. The minimum absolute atomic E-state index is 0.0147. The third-order valence-corrected chi connectivity index (χ3v) is 5.45. The summed E-state index contributed by atoms with van der Waals surface area (Å²) in [4.78, 5) is 29.1. The number of hydrogen-bond acceptors (Lipinski definition) is 7. The molecule has 0 aliphatic heterocycles. The van der Waals surface area contributed by atoms with Crippen LogP contribution in [0.4, 0.5) is 0 Å². The number of carbonyl (C=O) groups is 2. The maximum absolute atomic E-state index is 12.6. The van der Waals surface area contributed by atoms with E-state index in [9.17, 15) is 9.59 Å². The third-order valence-electron chi connectivity index (χ3n) is 4.83. The fourth-order valence-corrected chi connectivity index (χ4v) is 3.87. The maximum atomic E-state index is 12.6. The van der Waals surface area contributed by atoms with E-state index in [2.05, 4.69) is 24.4 Å². The van der Waals surface area contributed by atoms with E-state index in [1.165, 1.54) is 0 Å². The largest absolute Gasteiger partial charge is 0.379 e. The first kappa shape index (κ1) is 19.4. The van der Waals surface area contributed by atoms with Crippen molar-refractivity contribution in [2.24, 2.45) is 5.92 Å². The Kier molecular flexibility index (Phi) is 6.46. The average molecular weight is 389 g/mol. The highest BCUT2D eigenvalue weighted by Gasteiger charge is 2.35. The zero-order valence-electron chi connectivity index (χ0n) is 15.3. The molecule has 8 nitrogen and oxygen atoms in total. The summed E-state index contributed by atoms with van der Waals surface area (Å²) in [5.41, 5.74) is 1.89. The van der Waals surface area contributed by atoms with Crippen molar-refractivity contribution in [3.05, 3.63) is 41.5 Å². The van der Waals surface area contributed by atoms with Crippen molar-refractivity contribution in [1.29, 1.82) is 0 Å². The van der Waals surface area contributed by atoms with E-state index in [0.29, 0.717) is 30.8 Å². The Bertz CT molecular complexity index is 782. The lowest BCUT2D eigenvalue weighted by molar-refractivity contribution is -0.127. The summed E-state index contributed by atoms with van der Waals surface area (Å²) in [6.07, 6.45) is 5.27. The van der Waals surface area contributed by atoms with Crippen LogP contribution in [0, 0.1) is 12.8 Å². The number of aryl methyl sites for hydroxylation is 1. The molecule has 1 fully saturated rings. The highest BCUT2D eigenvalue weighted by Crippen LogP contribution is 2.27. The molecule has 0 unspecified atom stereocenters. The molecule has 0 bridgehead atoms. The minimum atomic E-state index is -0.273. The van der Waals surface area contributed by atoms with Crippen LogP contribution >= 0.6 is 11.7 Å². The molecule has 2 amide bonds. The van der Waals surface area contributed by atoms with Crippen molar-refractivity contribution in [2.45, 2.75) is 44.9 Å². The van der Waals surface area contributed by atoms with Crippen LogP contribution in [0.15, 0.2) is 24.5 Å². The molecule has 0 radical (unpaired) electrons. The second-order valence-electron chi connectivity index (χ2n) is 6.64. The zero-order chi connectivity index (χ0) is 19.2. The van der Waals surface area contributed by atoms with Gasteiger partial charge in [-0.15, -0.1) is 0 Å². The SMILES string of the molecule is CO[C@@H]1CC[C@H](C(=O)NCc2cccnc2)C[C@H]1NC(=O)c1nsnc1C. The summed E-state index contributed by atoms with van der Waals surface area (Å²) in [6.45, 7) is 2.19. The summed E-state index contributed by atoms with van der Waals surface area (Å²) in [7, 11) is 1.63. The van der Waals surface area contributed by atoms with Crippen LogP contribution in [0.3, 0.4) is 0 Å². The number of hydrogen-bond donors (Lipinski definition) is 2. The zero-order valence-corrected chi connectivity index (χ0v) is 16.2. The second kappa shape index (κ2) is 9.01. The van der Waals surface area contributed by atoms with Gasteiger partial charge >= 0.3 is 0 Å². The monoisotopic (exact) mass is 389 g/mol. The van der Waals surface area contributed by atoms with Gasteiger partial charge in [-0.1, -0.05) is 6.07 Å². The number of nitrogens with one attached hydrogen (secondary N) is 2. The van der Waals surface area contributed by atoms with Crippen molar-refractivity contribution in [3.63, 3.8) is 0 Å². The van der Waals surface area contributed by atoms with Gasteiger partial charge in [-0.2, -0.15) is 8.75 Å². The van der Waals surface area contributed by atoms with E-state index in [4.69, 9.17) is 4.74 Å². The molecule has 2 heterocycles. The number of aromatic nitrogens is 3. The van der Waals surface area contributed by atoms with Gasteiger partial charge in [0.15, 0.2) is 5.69 Å². The van der Waals surface area contributed by atoms with Gasteiger partial charge in [0.05, 0.1) is 29.6 Å². The van der Waals surface area contributed by atoms with Gasteiger partial charge in [-0.25, -0.2) is 0 Å². The van der Waals surface area contributed by atoms with Gasteiger partial charge < -0.3 is 15.4 Å². The lowest BCUT2D eigenvalue weighted by atomic mass is 9.83. The molecule has 1 aliphatic rings. The summed E-state index contributed by atoms with van der Waals surface area (Å²) >= 11 is 1.01. The number of amides is 2. The number of methoxy groups -OCH3 is 1. The lowest BCUT2D eigenvalue weighted by Gasteiger charge is -2.35. The average Bonchev–Trinajstić information content (AvgIpc) is 3.13. The van der Waals surface area contributed by atoms with Crippen molar-refractivity contribution in [3.8, 4) is 0 Å². The molecular weight excluding hydrogens is 366 g/mol. The van der Waals surface area contributed by atoms with E-state index >= 15 is 0 Å². The van der Waals surface area contributed by atoms with Crippen LogP contribution < -0.4 is 10.6 Å². The highest BCUT2D eigenvalue weighted by molar-refractivity contribution is 6.99. The summed E-state index contributed by atoms with van der Waals surface area (Å²) < 4.78 is 13.6. The molecule has 2 aromatic rings. The smallest absolute Gasteiger partial charge is 0.273 e. The molecular formula is C18H23N5O3S. The molecule has 3 atom stereocenters. The van der Waals surface area contributed by atoms with Crippen molar-refractivity contribution in [1.82, 2.24) is 24.4 Å². The lowest BCUT2D eigenvalue weighted by Crippen LogP contribution is -2.50. The Hall–Kier alpha value is -2.39. The topological polar surface area (TPSA) is 106 Å².